The van der Waals surface area contributed by atoms with E-state index in [9.17, 15) is 0 Å². The Morgan fingerprint density at radius 2 is 0.855 bits per heavy atom. The molecular formula is C48H65B2NO4. The molecule has 0 aliphatic carbocycles. The van der Waals surface area contributed by atoms with Crippen LogP contribution in [0.3, 0.4) is 0 Å². The molecule has 2 fully saturated rings. The second kappa shape index (κ2) is 14.5. The van der Waals surface area contributed by atoms with E-state index in [2.05, 4.69) is 122 Å². The van der Waals surface area contributed by atoms with Gasteiger partial charge in [0.25, 0.3) is 0 Å². The summed E-state index contributed by atoms with van der Waals surface area (Å²) in [5.74, 6) is 0.597. The van der Waals surface area contributed by atoms with E-state index in [0.717, 1.165) is 17.5 Å². The molecule has 7 heteroatoms. The molecule has 5 aromatic carbocycles. The molecular weight excluding hydrogens is 676 g/mol. The Hall–Kier alpha value is -2.83. The van der Waals surface area contributed by atoms with E-state index in [-0.39, 0.29) is 0 Å². The van der Waals surface area contributed by atoms with Crippen LogP contribution in [0.5, 0.6) is 0 Å². The lowest BCUT2D eigenvalue weighted by molar-refractivity contribution is 0.00578. The van der Waals surface area contributed by atoms with E-state index in [0.29, 0.717) is 5.92 Å². The zero-order valence-electron chi connectivity index (χ0n) is 35.6. The lowest BCUT2D eigenvalue weighted by atomic mass is 9.72. The Labute approximate surface area is 331 Å². The van der Waals surface area contributed by atoms with Crippen LogP contribution in [0, 0.1) is 5.92 Å². The number of hydrogen-bond donors (Lipinski definition) is 0. The first-order valence-electron chi connectivity index (χ1n) is 21.9. The van der Waals surface area contributed by atoms with Gasteiger partial charge >= 0.3 is 14.2 Å². The fourth-order valence-corrected chi connectivity index (χ4v) is 9.67. The largest absolute Gasteiger partial charge is 0.495 e. The van der Waals surface area contributed by atoms with Crippen LogP contribution < -0.4 is 10.9 Å². The number of rotatable bonds is 16. The van der Waals surface area contributed by atoms with Crippen molar-refractivity contribution < 1.29 is 18.6 Å². The molecule has 0 bridgehead atoms. The third-order valence-electron chi connectivity index (χ3n) is 14.4. The maximum atomic E-state index is 6.85. The first kappa shape index (κ1) is 39.0. The second-order valence-electron chi connectivity index (χ2n) is 19.2. The SMILES string of the molecule is CCCCCCCCC(CCCCCC)Cn1c2cc(B3OC(C)(C)C(C)(C)O3)c3cccc4c5cccc6c(B7OC(C)(C)C(C)(C)O7)cc1c(c65)c2c34. The summed E-state index contributed by atoms with van der Waals surface area (Å²) in [7, 11) is -0.914. The highest BCUT2D eigenvalue weighted by Crippen LogP contribution is 2.48. The van der Waals surface area contributed by atoms with Crippen LogP contribution >= 0.6 is 0 Å². The summed E-state index contributed by atoms with van der Waals surface area (Å²) < 4.78 is 30.1. The van der Waals surface area contributed by atoms with Gasteiger partial charge < -0.3 is 23.2 Å². The van der Waals surface area contributed by atoms with Gasteiger partial charge in [0.1, 0.15) is 0 Å². The van der Waals surface area contributed by atoms with Gasteiger partial charge in [0.15, 0.2) is 0 Å². The van der Waals surface area contributed by atoms with Gasteiger partial charge in [-0.25, -0.2) is 0 Å². The minimum absolute atomic E-state index is 0.433. The van der Waals surface area contributed by atoms with Gasteiger partial charge in [-0.05, 0) is 130 Å². The fraction of sp³-hybridized carbons (Fsp3) is 0.583. The number of nitrogens with zero attached hydrogens (tertiary/aromatic N) is 1. The van der Waals surface area contributed by atoms with Crippen LogP contribution in [0.25, 0.3) is 54.1 Å². The van der Waals surface area contributed by atoms with Gasteiger partial charge in [0, 0.05) is 28.4 Å². The Balaban J connectivity index is 1.36. The van der Waals surface area contributed by atoms with Crippen molar-refractivity contribution in [1.29, 1.82) is 0 Å². The van der Waals surface area contributed by atoms with Crippen molar-refractivity contribution in [2.75, 3.05) is 0 Å². The molecule has 0 saturated carbocycles. The number of hydrogen-bond acceptors (Lipinski definition) is 4. The van der Waals surface area contributed by atoms with Crippen molar-refractivity contribution in [2.45, 2.75) is 175 Å². The Morgan fingerprint density at radius 3 is 1.27 bits per heavy atom. The molecule has 2 aliphatic heterocycles. The maximum absolute atomic E-state index is 6.85. The van der Waals surface area contributed by atoms with Crippen molar-refractivity contribution >= 4 is 79.3 Å². The molecule has 1 atom stereocenters. The molecule has 6 aromatic rings. The van der Waals surface area contributed by atoms with Crippen LogP contribution in [0.2, 0.25) is 0 Å². The number of fused-ring (bicyclic) bond motifs is 1. The van der Waals surface area contributed by atoms with E-state index < -0.39 is 36.6 Å². The summed E-state index contributed by atoms with van der Waals surface area (Å²) in [6, 6.07) is 18.6. The molecule has 292 valence electrons. The number of aromatic nitrogens is 1. The molecule has 1 aromatic heterocycles. The van der Waals surface area contributed by atoms with Gasteiger partial charge in [-0.1, -0.05) is 114 Å². The van der Waals surface area contributed by atoms with Gasteiger partial charge in [0.2, 0.25) is 0 Å². The summed E-state index contributed by atoms with van der Waals surface area (Å²) in [5, 5.41) is 10.4. The van der Waals surface area contributed by atoms with E-state index in [1.165, 1.54) is 131 Å². The Kier molecular flexibility index (Phi) is 10.3. The molecule has 2 aliphatic rings. The van der Waals surface area contributed by atoms with Crippen LogP contribution in [0.4, 0.5) is 0 Å². The monoisotopic (exact) mass is 742 g/mol. The zero-order chi connectivity index (χ0) is 38.9. The van der Waals surface area contributed by atoms with Crippen LogP contribution in [0.15, 0.2) is 48.5 Å². The quantitative estimate of drug-likeness (QED) is 0.0429. The third kappa shape index (κ3) is 6.57. The minimum atomic E-state index is -0.457. The maximum Gasteiger partial charge on any atom is 0.495 e. The molecule has 55 heavy (non-hydrogen) atoms. The highest BCUT2D eigenvalue weighted by atomic mass is 16.7. The molecule has 2 saturated heterocycles. The van der Waals surface area contributed by atoms with Crippen molar-refractivity contribution in [3.63, 3.8) is 0 Å². The molecule has 0 amide bonds. The fourth-order valence-electron chi connectivity index (χ4n) is 9.67. The number of benzene rings is 5. The Bertz CT molecular complexity index is 2110. The number of unbranched alkanes of at least 4 members (excludes halogenated alkanes) is 8. The lowest BCUT2D eigenvalue weighted by Gasteiger charge is -2.32. The molecule has 0 N–H and O–H groups in total. The average molecular weight is 742 g/mol. The van der Waals surface area contributed by atoms with Gasteiger partial charge in [-0.2, -0.15) is 0 Å². The van der Waals surface area contributed by atoms with Gasteiger partial charge in [0.05, 0.1) is 22.4 Å². The summed E-state index contributed by atoms with van der Waals surface area (Å²) in [6.07, 6.45) is 15.7. The second-order valence-corrected chi connectivity index (χ2v) is 19.2. The zero-order valence-corrected chi connectivity index (χ0v) is 35.6. The van der Waals surface area contributed by atoms with Gasteiger partial charge in [-0.3, -0.25) is 0 Å². The van der Waals surface area contributed by atoms with Crippen LogP contribution in [0.1, 0.15) is 146 Å². The lowest BCUT2D eigenvalue weighted by Crippen LogP contribution is -2.41. The Morgan fingerprint density at radius 1 is 0.491 bits per heavy atom. The predicted octanol–water partition coefficient (Wildman–Crippen LogP) is 12.1. The normalized spacial score (nSPS) is 19.8. The smallest absolute Gasteiger partial charge is 0.399 e. The van der Waals surface area contributed by atoms with Crippen molar-refractivity contribution in [1.82, 2.24) is 4.57 Å². The molecule has 3 heterocycles. The molecule has 1 unspecified atom stereocenters. The van der Waals surface area contributed by atoms with Gasteiger partial charge in [-0.15, -0.1) is 0 Å². The average Bonchev–Trinajstić information content (AvgIpc) is 3.66. The summed E-state index contributed by atoms with van der Waals surface area (Å²) in [4.78, 5) is 0. The minimum Gasteiger partial charge on any atom is -0.399 e. The molecule has 0 radical (unpaired) electrons. The summed E-state index contributed by atoms with van der Waals surface area (Å²) in [6.45, 7) is 22.9. The topological polar surface area (TPSA) is 41.9 Å². The first-order chi connectivity index (χ1) is 26.2. The van der Waals surface area contributed by atoms with Crippen molar-refractivity contribution in [3.8, 4) is 0 Å². The van der Waals surface area contributed by atoms with Crippen LogP contribution in [-0.2, 0) is 25.2 Å². The molecule has 0 spiro atoms. The summed E-state index contributed by atoms with van der Waals surface area (Å²) >= 11 is 0. The third-order valence-corrected chi connectivity index (χ3v) is 14.4. The van der Waals surface area contributed by atoms with E-state index >= 15 is 0 Å². The predicted molar refractivity (Wildman–Crippen MR) is 236 cm³/mol. The van der Waals surface area contributed by atoms with Crippen molar-refractivity contribution in [3.05, 3.63) is 48.5 Å². The standard InChI is InChI=1S/C48H65B2NO4/c1-11-13-15-17-18-20-24-32(23-19-16-14-12-2)31-51-39-29-37(49-52-45(3,4)46(5,6)53-49)35-27-21-25-33-34-26-22-28-36-38(50-54-47(7,8)48(9,10)55-50)30-40(51)44(42(34)36)43(39)41(33)35/h21-22,25-30,32H,11-20,23-24,31H2,1-10H3. The highest BCUT2D eigenvalue weighted by molar-refractivity contribution is 6.68. The highest BCUT2D eigenvalue weighted by Gasteiger charge is 2.53. The van der Waals surface area contributed by atoms with E-state index in [1.54, 1.807) is 0 Å². The van der Waals surface area contributed by atoms with Crippen LogP contribution in [-0.4, -0.2) is 41.2 Å². The van der Waals surface area contributed by atoms with E-state index in [1.807, 2.05) is 0 Å². The van der Waals surface area contributed by atoms with E-state index in [4.69, 9.17) is 18.6 Å². The molecule has 5 nitrogen and oxygen atoms in total. The molecule has 8 rings (SSSR count). The first-order valence-corrected chi connectivity index (χ1v) is 21.9. The summed E-state index contributed by atoms with van der Waals surface area (Å²) in [5.41, 5.74) is 3.11. The van der Waals surface area contributed by atoms with Crippen molar-refractivity contribution in [2.24, 2.45) is 5.92 Å².